The summed E-state index contributed by atoms with van der Waals surface area (Å²) in [4.78, 5) is 23.3. The molecule has 1 heterocycles. The molecule has 0 saturated carbocycles. The predicted octanol–water partition coefficient (Wildman–Crippen LogP) is 1.87. The molecule has 0 aromatic heterocycles. The molecule has 1 aliphatic heterocycles. The molecule has 1 N–H and O–H groups in total. The van der Waals surface area contributed by atoms with Gasteiger partial charge in [0.05, 0.1) is 0 Å². The fourth-order valence-corrected chi connectivity index (χ4v) is 1.48. The minimum atomic E-state index is -1.16. The van der Waals surface area contributed by atoms with Crippen LogP contribution in [0.15, 0.2) is 11.6 Å². The van der Waals surface area contributed by atoms with Gasteiger partial charge in [0.2, 0.25) is 0 Å². The largest absolute Gasteiger partial charge is 0.465 e. The molecule has 0 radical (unpaired) electrons. The average molecular weight is 197 g/mol. The van der Waals surface area contributed by atoms with E-state index in [1.165, 1.54) is 0 Å². The quantitative estimate of drug-likeness (QED) is 0.645. The molecule has 0 saturated heterocycles. The van der Waals surface area contributed by atoms with Gasteiger partial charge >= 0.3 is 6.09 Å². The summed E-state index contributed by atoms with van der Waals surface area (Å²) in [5.41, 5.74) is 0.303. The van der Waals surface area contributed by atoms with Gasteiger partial charge in [0.1, 0.15) is 0 Å². The second-order valence-corrected chi connectivity index (χ2v) is 4.40. The number of imide groups is 1. The van der Waals surface area contributed by atoms with E-state index in [1.54, 1.807) is 0 Å². The molecule has 0 aromatic carbocycles. The Kier molecular flexibility index (Phi) is 2.64. The molecule has 1 rings (SSSR count). The second-order valence-electron chi connectivity index (χ2n) is 4.40. The molecule has 14 heavy (non-hydrogen) atoms. The van der Waals surface area contributed by atoms with E-state index in [-0.39, 0.29) is 17.9 Å². The monoisotopic (exact) mass is 197 g/mol. The van der Waals surface area contributed by atoms with Crippen LogP contribution in [-0.2, 0) is 4.79 Å². The lowest BCUT2D eigenvalue weighted by Crippen LogP contribution is -2.42. The summed E-state index contributed by atoms with van der Waals surface area (Å²) < 4.78 is 0. The lowest BCUT2D eigenvalue weighted by Gasteiger charge is -2.29. The molecular formula is C10H15NO3. The first-order chi connectivity index (χ1) is 6.34. The second kappa shape index (κ2) is 3.44. The molecule has 4 heteroatoms. The highest BCUT2D eigenvalue weighted by atomic mass is 16.4. The van der Waals surface area contributed by atoms with Crippen molar-refractivity contribution in [2.75, 3.05) is 6.54 Å². The number of carbonyl (C=O) groups excluding carboxylic acids is 1. The molecule has 78 valence electrons. The molecule has 4 nitrogen and oxygen atoms in total. The van der Waals surface area contributed by atoms with Gasteiger partial charge in [-0.05, 0) is 11.8 Å². The Morgan fingerprint density at radius 1 is 1.50 bits per heavy atom. The van der Waals surface area contributed by atoms with Gasteiger partial charge in [-0.25, -0.2) is 9.69 Å². The zero-order valence-corrected chi connectivity index (χ0v) is 8.70. The lowest BCUT2D eigenvalue weighted by atomic mass is 9.83. The topological polar surface area (TPSA) is 57.6 Å². The van der Waals surface area contributed by atoms with Gasteiger partial charge in [-0.15, -0.1) is 0 Å². The Hall–Kier alpha value is -1.32. The molecule has 0 aromatic rings. The first kappa shape index (κ1) is 10.8. The summed E-state index contributed by atoms with van der Waals surface area (Å²) in [6.07, 6.45) is 1.29. The Balaban J connectivity index is 2.96. The molecule has 0 spiro atoms. The Bertz CT molecular complexity index is 299. The average Bonchev–Trinajstić information content (AvgIpc) is 2.01. The van der Waals surface area contributed by atoms with Crippen molar-refractivity contribution >= 4 is 12.0 Å². The number of nitrogens with zero attached hydrogens (tertiary/aromatic N) is 1. The van der Waals surface area contributed by atoms with E-state index >= 15 is 0 Å². The molecular weight excluding hydrogens is 182 g/mol. The van der Waals surface area contributed by atoms with Crippen molar-refractivity contribution in [3.63, 3.8) is 0 Å². The van der Waals surface area contributed by atoms with Gasteiger partial charge in [-0.1, -0.05) is 26.8 Å². The maximum Gasteiger partial charge on any atom is 0.414 e. The zero-order chi connectivity index (χ0) is 10.9. The van der Waals surface area contributed by atoms with Crippen LogP contribution in [0.25, 0.3) is 0 Å². The van der Waals surface area contributed by atoms with Crippen LogP contribution in [0, 0.1) is 5.41 Å². The third-order valence-corrected chi connectivity index (χ3v) is 2.22. The number of rotatable bonds is 0. The van der Waals surface area contributed by atoms with Crippen LogP contribution in [0.1, 0.15) is 27.2 Å². The van der Waals surface area contributed by atoms with Crippen molar-refractivity contribution in [2.45, 2.75) is 27.2 Å². The molecule has 1 aliphatic rings. The van der Waals surface area contributed by atoms with Crippen molar-refractivity contribution in [1.82, 2.24) is 4.90 Å². The zero-order valence-electron chi connectivity index (χ0n) is 8.70. The van der Waals surface area contributed by atoms with E-state index in [9.17, 15) is 9.59 Å². The summed E-state index contributed by atoms with van der Waals surface area (Å²) in [6, 6.07) is 0. The summed E-state index contributed by atoms with van der Waals surface area (Å²) in [5.74, 6) is -0.378. The van der Waals surface area contributed by atoms with Crippen LogP contribution < -0.4 is 0 Å². The minimum Gasteiger partial charge on any atom is -0.465 e. The summed E-state index contributed by atoms with van der Waals surface area (Å²) in [7, 11) is 0. The smallest absolute Gasteiger partial charge is 0.414 e. The van der Waals surface area contributed by atoms with Crippen molar-refractivity contribution in [2.24, 2.45) is 5.41 Å². The number of hydrogen-bond acceptors (Lipinski definition) is 2. The molecule has 0 bridgehead atoms. The van der Waals surface area contributed by atoms with Gasteiger partial charge < -0.3 is 5.11 Å². The van der Waals surface area contributed by atoms with Gasteiger partial charge in [0.15, 0.2) is 0 Å². The van der Waals surface area contributed by atoms with E-state index in [0.717, 1.165) is 4.90 Å². The fraction of sp³-hybridized carbons (Fsp3) is 0.600. The van der Waals surface area contributed by atoms with E-state index in [1.807, 2.05) is 26.8 Å². The van der Waals surface area contributed by atoms with Gasteiger partial charge in [-0.2, -0.15) is 0 Å². The highest BCUT2D eigenvalue weighted by molar-refractivity contribution is 6.03. The number of carbonyl (C=O) groups is 2. The fourth-order valence-electron chi connectivity index (χ4n) is 1.48. The van der Waals surface area contributed by atoms with Crippen LogP contribution in [0.3, 0.4) is 0 Å². The number of hydrogen-bond donors (Lipinski definition) is 1. The lowest BCUT2D eigenvalue weighted by molar-refractivity contribution is -0.126. The van der Waals surface area contributed by atoms with Crippen molar-refractivity contribution in [3.05, 3.63) is 11.6 Å². The molecule has 0 atom stereocenters. The van der Waals surface area contributed by atoms with Crippen LogP contribution in [0.4, 0.5) is 4.79 Å². The third kappa shape index (κ3) is 1.95. The van der Waals surface area contributed by atoms with Crippen molar-refractivity contribution in [1.29, 1.82) is 0 Å². The third-order valence-electron chi connectivity index (χ3n) is 2.22. The van der Waals surface area contributed by atoms with Gasteiger partial charge in [0, 0.05) is 12.1 Å². The predicted molar refractivity (Wildman–Crippen MR) is 51.9 cm³/mol. The van der Waals surface area contributed by atoms with Crippen LogP contribution in [0.5, 0.6) is 0 Å². The SMILES string of the molecule is CC(C)(C)C1=CCCN(C(=O)O)C1=O. The van der Waals surface area contributed by atoms with E-state index in [2.05, 4.69) is 0 Å². The van der Waals surface area contributed by atoms with Crippen molar-refractivity contribution in [3.8, 4) is 0 Å². The van der Waals surface area contributed by atoms with Crippen molar-refractivity contribution < 1.29 is 14.7 Å². The van der Waals surface area contributed by atoms with Gasteiger partial charge in [0.25, 0.3) is 5.91 Å². The summed E-state index contributed by atoms with van der Waals surface area (Å²) >= 11 is 0. The van der Waals surface area contributed by atoms with Gasteiger partial charge in [-0.3, -0.25) is 4.79 Å². The van der Waals surface area contributed by atoms with E-state index in [0.29, 0.717) is 12.0 Å². The first-order valence-electron chi connectivity index (χ1n) is 4.59. The molecule has 0 aliphatic carbocycles. The Morgan fingerprint density at radius 3 is 2.50 bits per heavy atom. The molecule has 0 fully saturated rings. The normalized spacial score (nSPS) is 18.1. The summed E-state index contributed by atoms with van der Waals surface area (Å²) in [6.45, 7) is 5.99. The highest BCUT2D eigenvalue weighted by Crippen LogP contribution is 2.29. The maximum atomic E-state index is 11.7. The Labute approximate surface area is 83.2 Å². The van der Waals surface area contributed by atoms with E-state index in [4.69, 9.17) is 5.11 Å². The minimum absolute atomic E-state index is 0.272. The molecule has 2 amide bonds. The van der Waals surface area contributed by atoms with Crippen LogP contribution in [-0.4, -0.2) is 28.6 Å². The van der Waals surface area contributed by atoms with Crippen LogP contribution >= 0.6 is 0 Å². The highest BCUT2D eigenvalue weighted by Gasteiger charge is 2.32. The number of amides is 2. The standard InChI is InChI=1S/C10H15NO3/c1-10(2,3)7-5-4-6-11(8(7)12)9(13)14/h5H,4,6H2,1-3H3,(H,13,14). The summed E-state index contributed by atoms with van der Waals surface area (Å²) in [5, 5.41) is 8.77. The van der Waals surface area contributed by atoms with Crippen LogP contribution in [0.2, 0.25) is 0 Å². The first-order valence-corrected chi connectivity index (χ1v) is 4.59. The maximum absolute atomic E-state index is 11.7. The molecule has 0 unspecified atom stereocenters. The van der Waals surface area contributed by atoms with E-state index < -0.39 is 6.09 Å². The Morgan fingerprint density at radius 2 is 2.07 bits per heavy atom. The number of carboxylic acid groups (broad SMARTS) is 1.